The molecule has 1 rings (SSSR count). The highest BCUT2D eigenvalue weighted by Gasteiger charge is 2.38. The van der Waals surface area contributed by atoms with Gasteiger partial charge in [-0.15, -0.1) is 0 Å². The molecule has 0 aromatic carbocycles. The van der Waals surface area contributed by atoms with Gasteiger partial charge in [-0.05, 0) is 6.42 Å². The van der Waals surface area contributed by atoms with Crippen LogP contribution in [0.1, 0.15) is 26.7 Å². The van der Waals surface area contributed by atoms with E-state index in [9.17, 15) is 4.79 Å². The summed E-state index contributed by atoms with van der Waals surface area (Å²) in [6, 6.07) is 0. The molecule has 0 aromatic heterocycles. The van der Waals surface area contributed by atoms with Crippen molar-refractivity contribution >= 4 is 5.97 Å². The van der Waals surface area contributed by atoms with E-state index in [1.165, 1.54) is 6.92 Å². The fraction of sp³-hybridized carbons (Fsp3) is 0.875. The monoisotopic (exact) mass is 158 g/mol. The number of ether oxygens (including phenoxy) is 2. The van der Waals surface area contributed by atoms with E-state index in [-0.39, 0.29) is 12.1 Å². The lowest BCUT2D eigenvalue weighted by Gasteiger charge is -1.95. The first-order valence-electron chi connectivity index (χ1n) is 4.03. The molecular formula is C8H14O3. The van der Waals surface area contributed by atoms with E-state index in [0.717, 1.165) is 12.8 Å². The van der Waals surface area contributed by atoms with Crippen molar-refractivity contribution in [1.82, 2.24) is 0 Å². The maximum absolute atomic E-state index is 10.4. The molecule has 1 fully saturated rings. The van der Waals surface area contributed by atoms with Crippen molar-refractivity contribution in [3.8, 4) is 0 Å². The first-order chi connectivity index (χ1) is 5.24. The van der Waals surface area contributed by atoms with Gasteiger partial charge in [0, 0.05) is 6.92 Å². The summed E-state index contributed by atoms with van der Waals surface area (Å²) >= 11 is 0. The molecule has 1 heterocycles. The van der Waals surface area contributed by atoms with Gasteiger partial charge in [0.15, 0.2) is 0 Å². The molecule has 3 nitrogen and oxygen atoms in total. The van der Waals surface area contributed by atoms with Crippen LogP contribution >= 0.6 is 0 Å². The van der Waals surface area contributed by atoms with Crippen LogP contribution in [-0.2, 0) is 14.3 Å². The Morgan fingerprint density at radius 3 is 2.82 bits per heavy atom. The van der Waals surface area contributed by atoms with Gasteiger partial charge in [0.2, 0.25) is 0 Å². The molecule has 64 valence electrons. The van der Waals surface area contributed by atoms with Crippen molar-refractivity contribution < 1.29 is 14.3 Å². The van der Waals surface area contributed by atoms with Crippen molar-refractivity contribution in [3.63, 3.8) is 0 Å². The molecule has 11 heavy (non-hydrogen) atoms. The number of hydrogen-bond donors (Lipinski definition) is 0. The van der Waals surface area contributed by atoms with Crippen LogP contribution in [0.2, 0.25) is 0 Å². The van der Waals surface area contributed by atoms with E-state index in [4.69, 9.17) is 9.47 Å². The van der Waals surface area contributed by atoms with Gasteiger partial charge in [-0.1, -0.05) is 13.3 Å². The first kappa shape index (κ1) is 8.53. The van der Waals surface area contributed by atoms with Gasteiger partial charge in [0.1, 0.15) is 12.7 Å². The summed E-state index contributed by atoms with van der Waals surface area (Å²) in [6.45, 7) is 3.96. The molecule has 2 atom stereocenters. The third-order valence-electron chi connectivity index (χ3n) is 1.71. The standard InChI is InChI=1S/C8H14O3/c1-3-4-7-8(11-7)5-10-6(2)9/h7-8H,3-5H2,1-2H3/t7-,8+/m0/s1. The van der Waals surface area contributed by atoms with E-state index in [1.54, 1.807) is 0 Å². The molecule has 0 saturated carbocycles. The predicted octanol–water partition coefficient (Wildman–Crippen LogP) is 1.12. The predicted molar refractivity (Wildman–Crippen MR) is 40.2 cm³/mol. The molecule has 0 aliphatic carbocycles. The fourth-order valence-electron chi connectivity index (χ4n) is 1.06. The molecule has 1 saturated heterocycles. The quantitative estimate of drug-likeness (QED) is 0.454. The minimum Gasteiger partial charge on any atom is -0.463 e. The zero-order chi connectivity index (χ0) is 8.27. The molecule has 0 aromatic rings. The summed E-state index contributed by atoms with van der Waals surface area (Å²) in [4.78, 5) is 10.4. The molecule has 0 N–H and O–H groups in total. The molecule has 0 amide bonds. The normalized spacial score (nSPS) is 28.2. The molecule has 0 radical (unpaired) electrons. The number of esters is 1. The number of carbonyl (C=O) groups excluding carboxylic acids is 1. The molecule has 1 aliphatic rings. The smallest absolute Gasteiger partial charge is 0.302 e. The van der Waals surface area contributed by atoms with Crippen molar-refractivity contribution in [2.24, 2.45) is 0 Å². The number of hydrogen-bond acceptors (Lipinski definition) is 3. The zero-order valence-corrected chi connectivity index (χ0v) is 7.00. The van der Waals surface area contributed by atoms with Crippen LogP contribution in [0, 0.1) is 0 Å². The Hall–Kier alpha value is -0.570. The minimum atomic E-state index is -0.226. The van der Waals surface area contributed by atoms with Crippen LogP contribution in [0.15, 0.2) is 0 Å². The van der Waals surface area contributed by atoms with Gasteiger partial charge in [-0.25, -0.2) is 0 Å². The Morgan fingerprint density at radius 1 is 1.55 bits per heavy atom. The zero-order valence-electron chi connectivity index (χ0n) is 7.00. The molecule has 3 heteroatoms. The number of carbonyl (C=O) groups is 1. The number of rotatable bonds is 4. The summed E-state index contributed by atoms with van der Waals surface area (Å²) < 4.78 is 10.0. The van der Waals surface area contributed by atoms with Crippen molar-refractivity contribution in [3.05, 3.63) is 0 Å². The topological polar surface area (TPSA) is 38.8 Å². The summed E-state index contributed by atoms with van der Waals surface area (Å²) in [5, 5.41) is 0. The lowest BCUT2D eigenvalue weighted by atomic mass is 10.2. The van der Waals surface area contributed by atoms with Crippen LogP contribution in [0.5, 0.6) is 0 Å². The van der Waals surface area contributed by atoms with Gasteiger partial charge >= 0.3 is 5.97 Å². The van der Waals surface area contributed by atoms with E-state index < -0.39 is 0 Å². The molecule has 1 aliphatic heterocycles. The third-order valence-corrected chi connectivity index (χ3v) is 1.71. The molecule has 0 bridgehead atoms. The minimum absolute atomic E-state index is 0.179. The molecular weight excluding hydrogens is 144 g/mol. The largest absolute Gasteiger partial charge is 0.463 e. The third kappa shape index (κ3) is 2.89. The summed E-state index contributed by atoms with van der Waals surface area (Å²) in [5.74, 6) is -0.226. The second-order valence-electron chi connectivity index (χ2n) is 2.80. The second-order valence-corrected chi connectivity index (χ2v) is 2.80. The summed E-state index contributed by atoms with van der Waals surface area (Å²) in [7, 11) is 0. The average molecular weight is 158 g/mol. The van der Waals surface area contributed by atoms with E-state index >= 15 is 0 Å². The van der Waals surface area contributed by atoms with Crippen LogP contribution in [0.4, 0.5) is 0 Å². The van der Waals surface area contributed by atoms with Gasteiger partial charge in [-0.2, -0.15) is 0 Å². The average Bonchev–Trinajstić information content (AvgIpc) is 2.64. The molecule has 0 spiro atoms. The maximum atomic E-state index is 10.4. The van der Waals surface area contributed by atoms with Gasteiger partial charge in [-0.3, -0.25) is 4.79 Å². The van der Waals surface area contributed by atoms with Crippen LogP contribution in [0.3, 0.4) is 0 Å². The van der Waals surface area contributed by atoms with E-state index in [0.29, 0.717) is 12.7 Å². The van der Waals surface area contributed by atoms with Gasteiger partial charge in [0.25, 0.3) is 0 Å². The molecule has 0 unspecified atom stereocenters. The Balaban J connectivity index is 2.00. The fourth-order valence-corrected chi connectivity index (χ4v) is 1.06. The van der Waals surface area contributed by atoms with E-state index in [1.807, 2.05) is 0 Å². The Bertz CT molecular complexity index is 144. The lowest BCUT2D eigenvalue weighted by molar-refractivity contribution is -0.141. The van der Waals surface area contributed by atoms with Crippen molar-refractivity contribution in [2.75, 3.05) is 6.61 Å². The lowest BCUT2D eigenvalue weighted by Crippen LogP contribution is -2.08. The maximum Gasteiger partial charge on any atom is 0.302 e. The Kier molecular flexibility index (Phi) is 2.88. The summed E-state index contributed by atoms with van der Waals surface area (Å²) in [5.41, 5.74) is 0. The van der Waals surface area contributed by atoms with E-state index in [2.05, 4.69) is 6.92 Å². The SMILES string of the molecule is CCC[C@@H]1O[C@@H]1COC(C)=O. The highest BCUT2D eigenvalue weighted by Crippen LogP contribution is 2.26. The Morgan fingerprint density at radius 2 is 2.27 bits per heavy atom. The van der Waals surface area contributed by atoms with Gasteiger partial charge < -0.3 is 9.47 Å². The highest BCUT2D eigenvalue weighted by molar-refractivity contribution is 5.65. The Labute approximate surface area is 66.7 Å². The van der Waals surface area contributed by atoms with Crippen molar-refractivity contribution in [1.29, 1.82) is 0 Å². The summed E-state index contributed by atoms with van der Waals surface area (Å²) in [6.07, 6.45) is 2.73. The van der Waals surface area contributed by atoms with Crippen LogP contribution in [-0.4, -0.2) is 24.8 Å². The van der Waals surface area contributed by atoms with Gasteiger partial charge in [0.05, 0.1) is 6.10 Å². The second kappa shape index (κ2) is 3.72. The van der Waals surface area contributed by atoms with Crippen LogP contribution < -0.4 is 0 Å². The number of epoxide rings is 1. The highest BCUT2D eigenvalue weighted by atomic mass is 16.6. The first-order valence-corrected chi connectivity index (χ1v) is 4.03. The van der Waals surface area contributed by atoms with Crippen molar-refractivity contribution in [2.45, 2.75) is 38.9 Å². The van der Waals surface area contributed by atoms with Crippen LogP contribution in [0.25, 0.3) is 0 Å².